The molecule has 1 unspecified atom stereocenters. The second-order valence-corrected chi connectivity index (χ2v) is 11.8. The summed E-state index contributed by atoms with van der Waals surface area (Å²) in [6, 6.07) is 0. The number of ether oxygens (including phenoxy) is 6. The molecule has 0 aromatic rings. The molecule has 0 aromatic heterocycles. The second kappa shape index (κ2) is 23.8. The fourth-order valence-electron chi connectivity index (χ4n) is 4.61. The Balaban J connectivity index is 3.61. The molecule has 16 nitrogen and oxygen atoms in total. The zero-order chi connectivity index (χ0) is 36.2. The van der Waals surface area contributed by atoms with Crippen molar-refractivity contribution in [1.82, 2.24) is 0 Å². The highest BCUT2D eigenvalue weighted by atomic mass is 16.8. The number of hydrogen-bond acceptors (Lipinski definition) is 16. The van der Waals surface area contributed by atoms with Gasteiger partial charge in [0, 0.05) is 25.7 Å². The van der Waals surface area contributed by atoms with Crippen molar-refractivity contribution in [3.63, 3.8) is 0 Å². The Morgan fingerprint density at radius 3 is 1.50 bits per heavy atom. The molecule has 0 amide bonds. The van der Waals surface area contributed by atoms with E-state index in [9.17, 15) is 44.7 Å². The lowest BCUT2D eigenvalue weighted by Crippen LogP contribution is -2.64. The van der Waals surface area contributed by atoms with E-state index in [1.54, 1.807) is 0 Å². The second-order valence-electron chi connectivity index (χ2n) is 11.8. The molecule has 0 saturated carbocycles. The summed E-state index contributed by atoms with van der Waals surface area (Å²) in [6.07, 6.45) is -14.7. The van der Waals surface area contributed by atoms with Gasteiger partial charge in [0.25, 0.3) is 0 Å². The monoisotopic (exact) mass is 696 g/mol. The summed E-state index contributed by atoms with van der Waals surface area (Å²) in [5.41, 5.74) is 0. The zero-order valence-electron chi connectivity index (χ0n) is 28.4. The van der Waals surface area contributed by atoms with Crippen LogP contribution >= 0.6 is 0 Å². The van der Waals surface area contributed by atoms with E-state index in [1.807, 2.05) is 27.7 Å². The zero-order valence-corrected chi connectivity index (χ0v) is 28.4. The molecule has 1 aliphatic rings. The van der Waals surface area contributed by atoms with Gasteiger partial charge in [-0.05, 0) is 25.7 Å². The van der Waals surface area contributed by atoms with Crippen LogP contribution in [0, 0.1) is 0 Å². The molecule has 1 rings (SSSR count). The minimum atomic E-state index is -2.39. The third kappa shape index (κ3) is 15.0. The van der Waals surface area contributed by atoms with Gasteiger partial charge >= 0.3 is 23.9 Å². The fraction of sp³-hybridized carbons (Fsp3) is 0.875. The highest BCUT2D eigenvalue weighted by molar-refractivity contribution is 5.72. The van der Waals surface area contributed by atoms with Crippen LogP contribution in [-0.4, -0.2) is 129 Å². The van der Waals surface area contributed by atoms with Crippen molar-refractivity contribution in [1.29, 1.82) is 0 Å². The fourth-order valence-corrected chi connectivity index (χ4v) is 4.61. The highest BCUT2D eigenvalue weighted by Crippen LogP contribution is 2.32. The van der Waals surface area contributed by atoms with Crippen LogP contribution in [0.1, 0.15) is 105 Å². The van der Waals surface area contributed by atoms with Gasteiger partial charge in [-0.3, -0.25) is 19.2 Å². The first-order valence-electron chi connectivity index (χ1n) is 16.9. The van der Waals surface area contributed by atoms with Crippen LogP contribution in [0.3, 0.4) is 0 Å². The van der Waals surface area contributed by atoms with Crippen molar-refractivity contribution >= 4 is 23.9 Å². The quantitative estimate of drug-likeness (QED) is 0.0458. The summed E-state index contributed by atoms with van der Waals surface area (Å²) in [6.45, 7) is 5.90. The van der Waals surface area contributed by atoms with Gasteiger partial charge in [0.2, 0.25) is 6.29 Å². The lowest BCUT2D eigenvalue weighted by atomic mass is 9.97. The standard InChI is InChI=1S/C32H56O16/c1-5-9-13-21(35)43-18-20-28(45-22(36)14-10-6-2)29(46-23(37)15-11-7-3)30(47-24(38)16-12-8-4)32(44-20)48-31(42)27(41)26(40)25(39)19(34)17-33/h19-20,25-34,39-42H,5-18H2,1-4H3/t19-,20-,25-,26+,27+,28-,29+,30+,31?,32+/m1/s1. The Kier molecular flexibility index (Phi) is 21.6. The Bertz CT molecular complexity index is 947. The molecular formula is C32H56O16. The molecule has 1 fully saturated rings. The number of rotatable bonds is 24. The molecule has 10 atom stereocenters. The minimum Gasteiger partial charge on any atom is -0.463 e. The first-order valence-corrected chi connectivity index (χ1v) is 16.9. The van der Waals surface area contributed by atoms with E-state index in [0.717, 1.165) is 0 Å². The molecule has 0 aliphatic carbocycles. The number of unbranched alkanes of at least 4 members (excludes halogenated alkanes) is 4. The number of aliphatic hydroxyl groups is 6. The van der Waals surface area contributed by atoms with Crippen LogP contribution in [-0.2, 0) is 47.6 Å². The summed E-state index contributed by atoms with van der Waals surface area (Å²) in [7, 11) is 0. The number of carbonyl (C=O) groups excluding carboxylic acids is 4. The average molecular weight is 697 g/mol. The van der Waals surface area contributed by atoms with E-state index in [0.29, 0.717) is 51.4 Å². The molecule has 0 spiro atoms. The van der Waals surface area contributed by atoms with Crippen LogP contribution in [0.4, 0.5) is 0 Å². The third-order valence-electron chi connectivity index (χ3n) is 7.59. The molecule has 0 radical (unpaired) electrons. The van der Waals surface area contributed by atoms with Crippen molar-refractivity contribution in [2.24, 2.45) is 0 Å². The van der Waals surface area contributed by atoms with Crippen molar-refractivity contribution in [2.45, 2.75) is 166 Å². The first kappa shape index (κ1) is 43.6. The Labute approximate surface area is 281 Å². The summed E-state index contributed by atoms with van der Waals surface area (Å²) in [4.78, 5) is 51.3. The number of aliphatic hydroxyl groups excluding tert-OH is 6. The molecule has 1 heterocycles. The van der Waals surface area contributed by atoms with Crippen LogP contribution in [0.15, 0.2) is 0 Å². The Morgan fingerprint density at radius 1 is 0.604 bits per heavy atom. The van der Waals surface area contributed by atoms with Crippen LogP contribution in [0.5, 0.6) is 0 Å². The predicted molar refractivity (Wildman–Crippen MR) is 166 cm³/mol. The lowest BCUT2D eigenvalue weighted by molar-refractivity contribution is -0.349. The maximum atomic E-state index is 13.0. The van der Waals surface area contributed by atoms with E-state index in [1.165, 1.54) is 0 Å². The average Bonchev–Trinajstić information content (AvgIpc) is 3.07. The van der Waals surface area contributed by atoms with Gasteiger partial charge in [-0.1, -0.05) is 53.4 Å². The molecule has 1 saturated heterocycles. The van der Waals surface area contributed by atoms with E-state index in [-0.39, 0.29) is 25.7 Å². The topological polar surface area (TPSA) is 245 Å². The van der Waals surface area contributed by atoms with Crippen LogP contribution < -0.4 is 0 Å². The van der Waals surface area contributed by atoms with Gasteiger partial charge < -0.3 is 59.1 Å². The van der Waals surface area contributed by atoms with Crippen molar-refractivity contribution < 1.29 is 78.2 Å². The van der Waals surface area contributed by atoms with E-state index >= 15 is 0 Å². The molecule has 6 N–H and O–H groups in total. The van der Waals surface area contributed by atoms with Crippen LogP contribution in [0.25, 0.3) is 0 Å². The highest BCUT2D eigenvalue weighted by Gasteiger charge is 2.54. The molecular weight excluding hydrogens is 640 g/mol. The molecule has 0 bridgehead atoms. The Hall–Kier alpha value is -2.44. The smallest absolute Gasteiger partial charge is 0.306 e. The van der Waals surface area contributed by atoms with Crippen molar-refractivity contribution in [3.8, 4) is 0 Å². The van der Waals surface area contributed by atoms with Gasteiger partial charge in [0.05, 0.1) is 6.61 Å². The molecule has 280 valence electrons. The van der Waals surface area contributed by atoms with Gasteiger partial charge in [-0.2, -0.15) is 0 Å². The summed E-state index contributed by atoms with van der Waals surface area (Å²) in [5, 5.41) is 60.4. The summed E-state index contributed by atoms with van der Waals surface area (Å²) >= 11 is 0. The van der Waals surface area contributed by atoms with E-state index < -0.39 is 98.5 Å². The lowest BCUT2D eigenvalue weighted by Gasteiger charge is -2.45. The number of hydrogen-bond donors (Lipinski definition) is 6. The summed E-state index contributed by atoms with van der Waals surface area (Å²) < 4.78 is 33.9. The first-order chi connectivity index (χ1) is 22.8. The maximum absolute atomic E-state index is 13.0. The van der Waals surface area contributed by atoms with Gasteiger partial charge in [0.15, 0.2) is 24.6 Å². The van der Waals surface area contributed by atoms with Crippen molar-refractivity contribution in [3.05, 3.63) is 0 Å². The summed E-state index contributed by atoms with van der Waals surface area (Å²) in [5.74, 6) is -2.84. The SMILES string of the molecule is CCCCC(=O)OC[C@H]1O[C@@H](OC(O)[C@@H](O)[C@@H](O)[C@H](O)[C@H](O)CO)[C@@H](OC(=O)CCCC)[C@@H](OC(=O)CCCC)[C@@H]1OC(=O)CCCC. The Morgan fingerprint density at radius 2 is 1.04 bits per heavy atom. The third-order valence-corrected chi connectivity index (χ3v) is 7.59. The molecule has 48 heavy (non-hydrogen) atoms. The number of esters is 4. The minimum absolute atomic E-state index is 0.0157. The normalized spacial score (nSPS) is 24.1. The van der Waals surface area contributed by atoms with Gasteiger partial charge in [-0.15, -0.1) is 0 Å². The molecule has 1 aliphatic heterocycles. The van der Waals surface area contributed by atoms with E-state index in [2.05, 4.69) is 0 Å². The largest absolute Gasteiger partial charge is 0.463 e. The predicted octanol–water partition coefficient (Wildman–Crippen LogP) is 0.522. The maximum Gasteiger partial charge on any atom is 0.306 e. The molecule has 16 heteroatoms. The van der Waals surface area contributed by atoms with Gasteiger partial charge in [-0.25, -0.2) is 0 Å². The molecule has 0 aromatic carbocycles. The van der Waals surface area contributed by atoms with Crippen molar-refractivity contribution in [2.75, 3.05) is 13.2 Å². The van der Waals surface area contributed by atoms with Crippen LogP contribution in [0.2, 0.25) is 0 Å². The number of carbonyl (C=O) groups is 4. The van der Waals surface area contributed by atoms with E-state index in [4.69, 9.17) is 33.5 Å². The van der Waals surface area contributed by atoms with Gasteiger partial charge in [0.1, 0.15) is 37.1 Å².